The Labute approximate surface area is 109 Å². The summed E-state index contributed by atoms with van der Waals surface area (Å²) in [4.78, 5) is 4.36. The molecule has 17 heavy (non-hydrogen) atoms. The Morgan fingerprint density at radius 1 is 1.35 bits per heavy atom. The molecule has 0 spiro atoms. The van der Waals surface area contributed by atoms with Gasteiger partial charge in [0.25, 0.3) is 0 Å². The average Bonchev–Trinajstić information content (AvgIpc) is 2.80. The summed E-state index contributed by atoms with van der Waals surface area (Å²) < 4.78 is 5.59. The van der Waals surface area contributed by atoms with Crippen LogP contribution in [-0.4, -0.2) is 11.6 Å². The predicted octanol–water partition coefficient (Wildman–Crippen LogP) is 2.88. The van der Waals surface area contributed by atoms with Gasteiger partial charge in [-0.1, -0.05) is 23.7 Å². The lowest BCUT2D eigenvalue weighted by Gasteiger charge is -2.06. The van der Waals surface area contributed by atoms with E-state index in [4.69, 9.17) is 22.1 Å². The van der Waals surface area contributed by atoms with E-state index in [1.165, 1.54) is 0 Å². The molecule has 0 aliphatic carbocycles. The van der Waals surface area contributed by atoms with Crippen LogP contribution in [0.4, 0.5) is 0 Å². The molecule has 90 valence electrons. The lowest BCUT2D eigenvalue weighted by molar-refractivity contribution is 0.322. The number of rotatable bonds is 5. The molecule has 2 aromatic rings. The first-order valence-electron chi connectivity index (χ1n) is 5.30. The second kappa shape index (κ2) is 6.00. The molecule has 0 fully saturated rings. The Hall–Kier alpha value is -1.10. The minimum Gasteiger partial charge on any atom is -0.492 e. The van der Waals surface area contributed by atoms with Crippen molar-refractivity contribution < 1.29 is 4.74 Å². The molecule has 0 saturated heterocycles. The summed E-state index contributed by atoms with van der Waals surface area (Å²) in [6.07, 6.45) is 0.774. The maximum Gasteiger partial charge on any atom is 0.137 e. The fraction of sp³-hybridized carbons (Fsp3) is 0.250. The van der Waals surface area contributed by atoms with Gasteiger partial charge in [0.1, 0.15) is 5.75 Å². The monoisotopic (exact) mass is 268 g/mol. The highest BCUT2D eigenvalue weighted by atomic mass is 35.5. The van der Waals surface area contributed by atoms with Crippen LogP contribution in [0.3, 0.4) is 0 Å². The van der Waals surface area contributed by atoms with E-state index >= 15 is 0 Å². The summed E-state index contributed by atoms with van der Waals surface area (Å²) in [5.41, 5.74) is 6.43. The molecule has 1 aromatic carbocycles. The number of aromatic nitrogens is 1. The van der Waals surface area contributed by atoms with Crippen molar-refractivity contribution in [2.75, 3.05) is 6.61 Å². The summed E-state index contributed by atoms with van der Waals surface area (Å²) in [7, 11) is 0. The molecule has 2 rings (SSSR count). The first kappa shape index (κ1) is 12.4. The van der Waals surface area contributed by atoms with Crippen molar-refractivity contribution in [2.45, 2.75) is 13.0 Å². The maximum absolute atomic E-state index is 5.98. The first-order valence-corrected chi connectivity index (χ1v) is 6.56. The quantitative estimate of drug-likeness (QED) is 0.907. The summed E-state index contributed by atoms with van der Waals surface area (Å²) >= 11 is 7.59. The summed E-state index contributed by atoms with van der Waals surface area (Å²) in [5.74, 6) is 0.713. The molecule has 2 N–H and O–H groups in total. The first-order chi connectivity index (χ1) is 8.29. The maximum atomic E-state index is 5.98. The van der Waals surface area contributed by atoms with Crippen LogP contribution < -0.4 is 10.5 Å². The van der Waals surface area contributed by atoms with Gasteiger partial charge in [0.15, 0.2) is 0 Å². The van der Waals surface area contributed by atoms with Crippen molar-refractivity contribution in [1.82, 2.24) is 4.98 Å². The molecule has 0 saturated carbocycles. The van der Waals surface area contributed by atoms with Crippen molar-refractivity contribution in [2.24, 2.45) is 5.73 Å². The van der Waals surface area contributed by atoms with Crippen LogP contribution in [-0.2, 0) is 13.0 Å². The molecular formula is C12H13ClN2OS. The van der Waals surface area contributed by atoms with Gasteiger partial charge in [-0.3, -0.25) is 0 Å². The van der Waals surface area contributed by atoms with Crippen LogP contribution in [0.25, 0.3) is 0 Å². The fourth-order valence-corrected chi connectivity index (χ4v) is 2.35. The number of nitrogens with zero attached hydrogens (tertiary/aromatic N) is 1. The molecule has 0 unspecified atom stereocenters. The molecular weight excluding hydrogens is 256 g/mol. The highest BCUT2D eigenvalue weighted by molar-refractivity contribution is 7.09. The zero-order valence-electron chi connectivity index (χ0n) is 9.23. The van der Waals surface area contributed by atoms with E-state index in [1.54, 1.807) is 11.3 Å². The molecule has 5 heteroatoms. The normalized spacial score (nSPS) is 10.5. The van der Waals surface area contributed by atoms with Gasteiger partial charge in [-0.2, -0.15) is 0 Å². The van der Waals surface area contributed by atoms with Gasteiger partial charge < -0.3 is 10.5 Å². The SMILES string of the molecule is NCc1csc(CCOc2ccccc2Cl)n1. The summed E-state index contributed by atoms with van der Waals surface area (Å²) in [6, 6.07) is 7.45. The van der Waals surface area contributed by atoms with E-state index in [9.17, 15) is 0 Å². The van der Waals surface area contributed by atoms with E-state index < -0.39 is 0 Å². The van der Waals surface area contributed by atoms with Gasteiger partial charge in [0.2, 0.25) is 0 Å². The number of hydrogen-bond donors (Lipinski definition) is 1. The van der Waals surface area contributed by atoms with Crippen molar-refractivity contribution in [3.63, 3.8) is 0 Å². The van der Waals surface area contributed by atoms with E-state index in [0.29, 0.717) is 23.9 Å². The van der Waals surface area contributed by atoms with Crippen molar-refractivity contribution >= 4 is 22.9 Å². The van der Waals surface area contributed by atoms with Crippen molar-refractivity contribution in [3.8, 4) is 5.75 Å². The smallest absolute Gasteiger partial charge is 0.137 e. The van der Waals surface area contributed by atoms with Gasteiger partial charge in [-0.05, 0) is 12.1 Å². The lowest BCUT2D eigenvalue weighted by atomic mass is 10.3. The Balaban J connectivity index is 1.85. The Morgan fingerprint density at radius 3 is 2.88 bits per heavy atom. The zero-order valence-corrected chi connectivity index (χ0v) is 10.8. The number of nitrogens with two attached hydrogens (primary N) is 1. The van der Waals surface area contributed by atoms with Gasteiger partial charge >= 0.3 is 0 Å². The third-order valence-electron chi connectivity index (χ3n) is 2.22. The lowest BCUT2D eigenvalue weighted by Crippen LogP contribution is -2.02. The molecule has 0 atom stereocenters. The third-order valence-corrected chi connectivity index (χ3v) is 3.49. The fourth-order valence-electron chi connectivity index (χ4n) is 1.37. The largest absolute Gasteiger partial charge is 0.492 e. The van der Waals surface area contributed by atoms with Crippen LogP contribution in [0, 0.1) is 0 Å². The molecule has 0 aliphatic heterocycles. The van der Waals surface area contributed by atoms with E-state index in [2.05, 4.69) is 4.98 Å². The van der Waals surface area contributed by atoms with Crippen LogP contribution >= 0.6 is 22.9 Å². The third kappa shape index (κ3) is 3.43. The summed E-state index contributed by atoms with van der Waals surface area (Å²) in [6.45, 7) is 1.06. The van der Waals surface area contributed by atoms with Crippen molar-refractivity contribution in [1.29, 1.82) is 0 Å². The molecule has 0 amide bonds. The molecule has 0 radical (unpaired) electrons. The van der Waals surface area contributed by atoms with Gasteiger partial charge in [0, 0.05) is 18.3 Å². The molecule has 0 aliphatic rings. The number of halogens is 1. The Kier molecular flexibility index (Phi) is 4.36. The Bertz CT molecular complexity index is 487. The topological polar surface area (TPSA) is 48.1 Å². The van der Waals surface area contributed by atoms with Gasteiger partial charge in [-0.15, -0.1) is 11.3 Å². The van der Waals surface area contributed by atoms with Crippen molar-refractivity contribution in [3.05, 3.63) is 45.4 Å². The minimum atomic E-state index is 0.488. The highest BCUT2D eigenvalue weighted by Gasteiger charge is 2.03. The van der Waals surface area contributed by atoms with Gasteiger partial charge in [-0.25, -0.2) is 4.98 Å². The van der Waals surface area contributed by atoms with Crippen LogP contribution in [0.15, 0.2) is 29.6 Å². The van der Waals surface area contributed by atoms with Crippen LogP contribution in [0.1, 0.15) is 10.7 Å². The van der Waals surface area contributed by atoms with E-state index in [-0.39, 0.29) is 0 Å². The molecule has 0 bridgehead atoms. The Morgan fingerprint density at radius 2 is 2.18 bits per heavy atom. The van der Waals surface area contributed by atoms with Gasteiger partial charge in [0.05, 0.1) is 22.3 Å². The minimum absolute atomic E-state index is 0.488. The second-order valence-electron chi connectivity index (χ2n) is 3.47. The molecule has 3 nitrogen and oxygen atoms in total. The predicted molar refractivity (Wildman–Crippen MR) is 70.7 cm³/mol. The number of ether oxygens (including phenoxy) is 1. The van der Waals surface area contributed by atoms with E-state index in [0.717, 1.165) is 17.1 Å². The van der Waals surface area contributed by atoms with E-state index in [1.807, 2.05) is 29.6 Å². The number of benzene rings is 1. The zero-order chi connectivity index (χ0) is 12.1. The second-order valence-corrected chi connectivity index (χ2v) is 4.82. The molecule has 1 heterocycles. The van der Waals surface area contributed by atoms with Crippen LogP contribution in [0.2, 0.25) is 5.02 Å². The number of thiazole rings is 1. The number of hydrogen-bond acceptors (Lipinski definition) is 4. The molecule has 1 aromatic heterocycles. The number of para-hydroxylation sites is 1. The van der Waals surface area contributed by atoms with Crippen LogP contribution in [0.5, 0.6) is 5.75 Å². The average molecular weight is 269 g/mol. The standard InChI is InChI=1S/C12H13ClN2OS/c13-10-3-1-2-4-11(10)16-6-5-12-15-9(7-14)8-17-12/h1-4,8H,5-7,14H2. The summed E-state index contributed by atoms with van der Waals surface area (Å²) in [5, 5.41) is 3.65. The highest BCUT2D eigenvalue weighted by Crippen LogP contribution is 2.23.